The van der Waals surface area contributed by atoms with E-state index in [2.05, 4.69) is 45.9 Å². The third-order valence-corrected chi connectivity index (χ3v) is 6.78. The lowest BCUT2D eigenvalue weighted by Gasteiger charge is -2.41. The Bertz CT molecular complexity index is 410. The predicted octanol–water partition coefficient (Wildman–Crippen LogP) is 2.36. The van der Waals surface area contributed by atoms with Crippen LogP contribution in [-0.4, -0.2) is 56.1 Å². The van der Waals surface area contributed by atoms with Crippen LogP contribution in [0.2, 0.25) is 39.3 Å². The second-order valence-electron chi connectivity index (χ2n) is 8.49. The van der Waals surface area contributed by atoms with E-state index in [-0.39, 0.29) is 6.61 Å². The number of carbonyl (C=O) groups is 1. The molecule has 0 bridgehead atoms. The minimum absolute atomic E-state index is 0.00356. The number of aliphatic hydroxyl groups is 1. The molecule has 0 aliphatic carbocycles. The molecule has 8 heteroatoms. The van der Waals surface area contributed by atoms with E-state index < -0.39 is 34.1 Å². The highest BCUT2D eigenvalue weighted by Crippen LogP contribution is 2.26. The van der Waals surface area contributed by atoms with E-state index in [0.29, 0.717) is 12.0 Å². The summed E-state index contributed by atoms with van der Waals surface area (Å²) in [4.78, 5) is 11.3. The second kappa shape index (κ2) is 9.44. The molecule has 142 valence electrons. The molecule has 0 radical (unpaired) electrons. The normalized spacial score (nSPS) is 14.5. The van der Waals surface area contributed by atoms with E-state index in [9.17, 15) is 9.90 Å². The molecule has 1 unspecified atom stereocenters. The molecule has 0 aliphatic rings. The van der Waals surface area contributed by atoms with Gasteiger partial charge < -0.3 is 18.7 Å². The van der Waals surface area contributed by atoms with E-state index in [1.807, 2.05) is 0 Å². The first kappa shape index (κ1) is 23.7. The van der Waals surface area contributed by atoms with Crippen molar-refractivity contribution in [1.82, 2.24) is 0 Å². The maximum Gasteiger partial charge on any atom is 0.333 e. The van der Waals surface area contributed by atoms with Crippen molar-refractivity contribution in [1.29, 1.82) is 0 Å². The van der Waals surface area contributed by atoms with Gasteiger partial charge in [-0.15, -0.1) is 0 Å². The highest BCUT2D eigenvalue weighted by molar-refractivity contribution is 6.71. The van der Waals surface area contributed by atoms with Crippen LogP contribution >= 0.6 is 0 Å². The average Bonchev–Trinajstić information content (AvgIpc) is 2.30. The molecule has 0 aromatic rings. The Kier molecular flexibility index (Phi) is 9.34. The van der Waals surface area contributed by atoms with Crippen molar-refractivity contribution in [3.8, 4) is 0 Å². The summed E-state index contributed by atoms with van der Waals surface area (Å²) in [6.07, 6.45) is 1.42. The van der Waals surface area contributed by atoms with Crippen molar-refractivity contribution in [2.75, 3.05) is 6.61 Å². The molecule has 5 nitrogen and oxygen atoms in total. The Morgan fingerprint density at radius 1 is 1.17 bits per heavy atom. The van der Waals surface area contributed by atoms with Gasteiger partial charge in [0, 0.05) is 5.57 Å². The van der Waals surface area contributed by atoms with Crippen LogP contribution in [0.5, 0.6) is 0 Å². The first-order valence-corrected chi connectivity index (χ1v) is 16.4. The molecule has 1 N–H and O–H groups in total. The van der Waals surface area contributed by atoms with Crippen LogP contribution in [0, 0.1) is 0 Å². The predicted molar refractivity (Wildman–Crippen MR) is 107 cm³/mol. The van der Waals surface area contributed by atoms with Crippen LogP contribution < -0.4 is 0 Å². The maximum absolute atomic E-state index is 11.3. The van der Waals surface area contributed by atoms with E-state index in [1.54, 1.807) is 6.92 Å². The highest BCUT2D eigenvalue weighted by Gasteiger charge is 2.36. The lowest BCUT2D eigenvalue weighted by molar-refractivity contribution is -0.142. The smallest absolute Gasteiger partial charge is 0.333 e. The molecule has 0 saturated heterocycles. The zero-order valence-corrected chi connectivity index (χ0v) is 20.7. The van der Waals surface area contributed by atoms with Crippen LogP contribution in [0.25, 0.3) is 0 Å². The van der Waals surface area contributed by atoms with Crippen molar-refractivity contribution in [2.24, 2.45) is 0 Å². The Balaban J connectivity index is 4.51. The van der Waals surface area contributed by atoms with Gasteiger partial charge in [0.05, 0.1) is 16.3 Å². The van der Waals surface area contributed by atoms with Gasteiger partial charge in [0.2, 0.25) is 0 Å². The summed E-state index contributed by atoms with van der Waals surface area (Å²) in [6.45, 7) is 18.1. The van der Waals surface area contributed by atoms with Gasteiger partial charge in [-0.25, -0.2) is 4.79 Å². The van der Waals surface area contributed by atoms with E-state index in [0.717, 1.165) is 23.1 Å². The first-order chi connectivity index (χ1) is 10.6. The molecule has 0 rings (SSSR count). The molecule has 24 heavy (non-hydrogen) atoms. The summed E-state index contributed by atoms with van der Waals surface area (Å²) in [5.41, 5.74) is -0.142. The number of ether oxygens (including phenoxy) is 1. The summed E-state index contributed by atoms with van der Waals surface area (Å²) in [5.74, 6) is -0.463. The number of aliphatic hydroxyl groups excluding tert-OH is 1. The number of esters is 1. The summed E-state index contributed by atoms with van der Waals surface area (Å²) in [7, 11) is -2.66. The standard InChI is InChI=1S/C16H36O5Si3/c1-13(2)15(18)19-12-14(17)10-9-11-16(22,20-23(3,4)5)21-24(6,7)8/h14,17H,1,9-12H2,2-8,22H3. The molecule has 0 aliphatic heterocycles. The molecule has 0 amide bonds. The Hall–Kier alpha value is -0.259. The quantitative estimate of drug-likeness (QED) is 0.253. The van der Waals surface area contributed by atoms with Gasteiger partial charge in [0.25, 0.3) is 0 Å². The summed E-state index contributed by atoms with van der Waals surface area (Å²) in [5, 5.41) is 9.98. The van der Waals surface area contributed by atoms with E-state index in [4.69, 9.17) is 13.6 Å². The molecule has 0 spiro atoms. The fourth-order valence-electron chi connectivity index (χ4n) is 2.46. The minimum Gasteiger partial charge on any atom is -0.460 e. The monoisotopic (exact) mass is 392 g/mol. The van der Waals surface area contributed by atoms with Crippen LogP contribution in [0.1, 0.15) is 26.2 Å². The summed E-state index contributed by atoms with van der Waals surface area (Å²) in [6, 6.07) is 0. The van der Waals surface area contributed by atoms with E-state index >= 15 is 0 Å². The van der Waals surface area contributed by atoms with Gasteiger partial charge in [-0.1, -0.05) is 6.58 Å². The van der Waals surface area contributed by atoms with Gasteiger partial charge in [0.1, 0.15) is 12.0 Å². The van der Waals surface area contributed by atoms with Gasteiger partial charge in [-0.05, 0) is 65.5 Å². The van der Waals surface area contributed by atoms with Gasteiger partial charge >= 0.3 is 5.97 Å². The van der Waals surface area contributed by atoms with Gasteiger partial charge in [-0.3, -0.25) is 0 Å². The molecule has 0 aromatic carbocycles. The molecule has 0 aromatic heterocycles. The minimum atomic E-state index is -1.72. The van der Waals surface area contributed by atoms with Gasteiger partial charge in [-0.2, -0.15) is 0 Å². The van der Waals surface area contributed by atoms with Crippen LogP contribution in [0.3, 0.4) is 0 Å². The zero-order chi connectivity index (χ0) is 19.2. The third kappa shape index (κ3) is 12.2. The molecule has 0 saturated carbocycles. The van der Waals surface area contributed by atoms with Crippen molar-refractivity contribution >= 4 is 32.8 Å². The molecule has 0 fully saturated rings. The van der Waals surface area contributed by atoms with Crippen molar-refractivity contribution in [3.63, 3.8) is 0 Å². The fourth-order valence-corrected chi connectivity index (χ4v) is 9.44. The number of hydrogen-bond acceptors (Lipinski definition) is 5. The maximum atomic E-state index is 11.3. The van der Waals surface area contributed by atoms with Crippen LogP contribution in [-0.2, 0) is 18.4 Å². The number of carbonyl (C=O) groups excluding carboxylic acids is 1. The second-order valence-corrected chi connectivity index (χ2v) is 18.9. The SMILES string of the molecule is C=C(C)C(=O)OCC(O)CCCC([SiH3])(O[Si](C)(C)C)O[Si](C)(C)C. The Morgan fingerprint density at radius 2 is 1.62 bits per heavy atom. The molecular weight excluding hydrogens is 356 g/mol. The van der Waals surface area contributed by atoms with E-state index in [1.165, 1.54) is 0 Å². The topological polar surface area (TPSA) is 65.0 Å². The zero-order valence-electron chi connectivity index (χ0n) is 16.7. The Labute approximate surface area is 152 Å². The highest BCUT2D eigenvalue weighted by atomic mass is 28.4. The summed E-state index contributed by atoms with van der Waals surface area (Å²) < 4.78 is 17.7. The Morgan fingerprint density at radius 3 is 2.00 bits per heavy atom. The molecular formula is C16H36O5Si3. The lowest BCUT2D eigenvalue weighted by atomic mass is 10.1. The van der Waals surface area contributed by atoms with Crippen LogP contribution in [0.15, 0.2) is 12.2 Å². The van der Waals surface area contributed by atoms with Crippen LogP contribution in [0.4, 0.5) is 0 Å². The third-order valence-electron chi connectivity index (χ3n) is 2.97. The van der Waals surface area contributed by atoms with Crippen molar-refractivity contribution in [2.45, 2.75) is 77.0 Å². The van der Waals surface area contributed by atoms with Crippen molar-refractivity contribution < 1.29 is 23.5 Å². The summed E-state index contributed by atoms with van der Waals surface area (Å²) >= 11 is 0. The number of rotatable bonds is 11. The molecule has 1 atom stereocenters. The number of hydrogen-bond donors (Lipinski definition) is 1. The average molecular weight is 393 g/mol. The largest absolute Gasteiger partial charge is 0.460 e. The lowest BCUT2D eigenvalue weighted by Crippen LogP contribution is -2.50. The van der Waals surface area contributed by atoms with Gasteiger partial charge in [0.15, 0.2) is 16.6 Å². The van der Waals surface area contributed by atoms with Crippen molar-refractivity contribution in [3.05, 3.63) is 12.2 Å². The molecule has 0 heterocycles. The fraction of sp³-hybridized carbons (Fsp3) is 0.812. The first-order valence-electron chi connectivity index (χ1n) is 8.55.